The molecule has 22 heavy (non-hydrogen) atoms. The van der Waals surface area contributed by atoms with Gasteiger partial charge in [-0.3, -0.25) is 4.79 Å². The molecule has 0 radical (unpaired) electrons. The number of nitrogens with one attached hydrogen (secondary N) is 1. The Balaban J connectivity index is 1.71. The molecule has 4 unspecified atom stereocenters. The van der Waals surface area contributed by atoms with Gasteiger partial charge in [-0.25, -0.2) is 4.79 Å². The largest absolute Gasteiger partial charge is 0.497 e. The van der Waals surface area contributed by atoms with Crippen molar-refractivity contribution < 1.29 is 24.2 Å². The van der Waals surface area contributed by atoms with Crippen LogP contribution in [0.1, 0.15) is 30.9 Å². The second-order valence-electron chi connectivity index (χ2n) is 5.77. The second kappa shape index (κ2) is 5.96. The summed E-state index contributed by atoms with van der Waals surface area (Å²) in [6.07, 6.45) is 2.66. The molecule has 1 amide bonds. The maximum atomic E-state index is 12.4. The van der Waals surface area contributed by atoms with Crippen molar-refractivity contribution in [3.63, 3.8) is 0 Å². The standard InChI is InChI=1S/C16H19NO5/c1-21-10-4-2-9(3-5-10)14(16(19)20)17-15(18)12-8-11-6-7-13(12)22-11/h2-5,11-14H,6-8H2,1H3,(H,17,18)(H,19,20). The van der Waals surface area contributed by atoms with Crippen LogP contribution >= 0.6 is 0 Å². The molecular weight excluding hydrogens is 286 g/mol. The molecule has 0 spiro atoms. The first-order valence-corrected chi connectivity index (χ1v) is 7.41. The monoisotopic (exact) mass is 305 g/mol. The molecule has 1 aromatic rings. The minimum atomic E-state index is -1.08. The third-order valence-corrected chi connectivity index (χ3v) is 4.43. The first-order chi connectivity index (χ1) is 10.6. The Morgan fingerprint density at radius 1 is 1.32 bits per heavy atom. The first-order valence-electron chi connectivity index (χ1n) is 7.41. The van der Waals surface area contributed by atoms with E-state index < -0.39 is 12.0 Å². The topological polar surface area (TPSA) is 84.9 Å². The molecule has 6 heteroatoms. The molecule has 0 saturated carbocycles. The number of methoxy groups -OCH3 is 1. The summed E-state index contributed by atoms with van der Waals surface area (Å²) in [7, 11) is 1.54. The summed E-state index contributed by atoms with van der Waals surface area (Å²) in [5, 5.41) is 12.0. The zero-order valence-corrected chi connectivity index (χ0v) is 12.3. The van der Waals surface area contributed by atoms with Gasteiger partial charge in [-0.05, 0) is 37.0 Å². The Labute approximate surface area is 128 Å². The van der Waals surface area contributed by atoms with Crippen LogP contribution < -0.4 is 10.1 Å². The summed E-state index contributed by atoms with van der Waals surface area (Å²) in [5.41, 5.74) is 0.519. The van der Waals surface area contributed by atoms with Gasteiger partial charge in [-0.15, -0.1) is 0 Å². The normalized spacial score (nSPS) is 27.4. The Kier molecular flexibility index (Phi) is 4.02. The van der Waals surface area contributed by atoms with E-state index in [4.69, 9.17) is 9.47 Å². The molecule has 2 heterocycles. The van der Waals surface area contributed by atoms with Crippen molar-refractivity contribution in [3.05, 3.63) is 29.8 Å². The Morgan fingerprint density at radius 3 is 2.55 bits per heavy atom. The molecule has 2 fully saturated rings. The lowest BCUT2D eigenvalue weighted by Crippen LogP contribution is -2.40. The molecule has 2 N–H and O–H groups in total. The Morgan fingerprint density at radius 2 is 2.05 bits per heavy atom. The number of carboxylic acids is 1. The van der Waals surface area contributed by atoms with Gasteiger partial charge in [0.15, 0.2) is 6.04 Å². The lowest BCUT2D eigenvalue weighted by molar-refractivity contribution is -0.143. The number of carboxylic acid groups (broad SMARTS) is 1. The lowest BCUT2D eigenvalue weighted by atomic mass is 9.88. The van der Waals surface area contributed by atoms with Crippen LogP contribution in [0, 0.1) is 5.92 Å². The highest BCUT2D eigenvalue weighted by Crippen LogP contribution is 2.39. The Hall–Kier alpha value is -2.08. The van der Waals surface area contributed by atoms with Gasteiger partial charge in [0.2, 0.25) is 5.91 Å². The van der Waals surface area contributed by atoms with E-state index in [-0.39, 0.29) is 24.0 Å². The molecule has 2 bridgehead atoms. The fraction of sp³-hybridized carbons (Fsp3) is 0.500. The van der Waals surface area contributed by atoms with Gasteiger partial charge in [0.1, 0.15) is 5.75 Å². The summed E-state index contributed by atoms with van der Waals surface area (Å²) in [6.45, 7) is 0. The number of carbonyl (C=O) groups is 2. The van der Waals surface area contributed by atoms with Gasteiger partial charge in [-0.1, -0.05) is 12.1 Å². The summed E-state index contributed by atoms with van der Waals surface area (Å²) in [6, 6.07) is 5.60. The highest BCUT2D eigenvalue weighted by Gasteiger charge is 2.45. The molecule has 0 aromatic heterocycles. The van der Waals surface area contributed by atoms with E-state index in [1.54, 1.807) is 31.4 Å². The van der Waals surface area contributed by atoms with E-state index in [1.807, 2.05) is 0 Å². The van der Waals surface area contributed by atoms with Crippen molar-refractivity contribution in [1.29, 1.82) is 0 Å². The fourth-order valence-corrected chi connectivity index (χ4v) is 3.25. The number of carbonyl (C=O) groups excluding carboxylic acids is 1. The number of ether oxygens (including phenoxy) is 2. The molecule has 118 valence electrons. The highest BCUT2D eigenvalue weighted by atomic mass is 16.5. The van der Waals surface area contributed by atoms with Crippen molar-refractivity contribution in [2.45, 2.75) is 37.5 Å². The van der Waals surface area contributed by atoms with Crippen molar-refractivity contribution in [1.82, 2.24) is 5.32 Å². The van der Waals surface area contributed by atoms with E-state index in [0.29, 0.717) is 17.7 Å². The van der Waals surface area contributed by atoms with E-state index in [2.05, 4.69) is 5.32 Å². The van der Waals surface area contributed by atoms with Crippen LogP contribution in [-0.4, -0.2) is 36.3 Å². The predicted molar refractivity (Wildman–Crippen MR) is 77.5 cm³/mol. The maximum absolute atomic E-state index is 12.4. The molecule has 2 aliphatic rings. The van der Waals surface area contributed by atoms with Crippen LogP contribution in [0.25, 0.3) is 0 Å². The molecule has 1 aromatic carbocycles. The molecule has 0 aliphatic carbocycles. The third kappa shape index (κ3) is 2.78. The third-order valence-electron chi connectivity index (χ3n) is 4.43. The van der Waals surface area contributed by atoms with E-state index in [9.17, 15) is 14.7 Å². The van der Waals surface area contributed by atoms with E-state index in [0.717, 1.165) is 12.8 Å². The summed E-state index contributed by atoms with van der Waals surface area (Å²) >= 11 is 0. The molecular formula is C16H19NO5. The smallest absolute Gasteiger partial charge is 0.330 e. The van der Waals surface area contributed by atoms with Crippen molar-refractivity contribution >= 4 is 11.9 Å². The quantitative estimate of drug-likeness (QED) is 0.861. The van der Waals surface area contributed by atoms with Gasteiger partial charge in [0.05, 0.1) is 25.2 Å². The number of hydrogen-bond donors (Lipinski definition) is 2. The van der Waals surface area contributed by atoms with Crippen LogP contribution in [0.15, 0.2) is 24.3 Å². The zero-order valence-electron chi connectivity index (χ0n) is 12.3. The van der Waals surface area contributed by atoms with Crippen LogP contribution in [0.3, 0.4) is 0 Å². The van der Waals surface area contributed by atoms with Crippen molar-refractivity contribution in [2.75, 3.05) is 7.11 Å². The summed E-state index contributed by atoms with van der Waals surface area (Å²) in [4.78, 5) is 23.9. The first kappa shape index (κ1) is 14.8. The minimum absolute atomic E-state index is 0.0599. The van der Waals surface area contributed by atoms with Gasteiger partial charge >= 0.3 is 5.97 Å². The van der Waals surface area contributed by atoms with Gasteiger partial charge in [0.25, 0.3) is 0 Å². The average molecular weight is 305 g/mol. The fourth-order valence-electron chi connectivity index (χ4n) is 3.25. The molecule has 4 atom stereocenters. The van der Waals surface area contributed by atoms with Gasteiger partial charge < -0.3 is 19.9 Å². The number of hydrogen-bond acceptors (Lipinski definition) is 4. The van der Waals surface area contributed by atoms with Gasteiger partial charge in [-0.2, -0.15) is 0 Å². The average Bonchev–Trinajstić information content (AvgIpc) is 3.15. The molecule has 2 saturated heterocycles. The van der Waals surface area contributed by atoms with Crippen LogP contribution in [-0.2, 0) is 14.3 Å². The van der Waals surface area contributed by atoms with Crippen LogP contribution in [0.4, 0.5) is 0 Å². The van der Waals surface area contributed by atoms with Crippen molar-refractivity contribution in [3.8, 4) is 5.75 Å². The Bertz CT molecular complexity index is 570. The number of rotatable bonds is 5. The minimum Gasteiger partial charge on any atom is -0.497 e. The molecule has 2 aliphatic heterocycles. The lowest BCUT2D eigenvalue weighted by Gasteiger charge is -2.21. The highest BCUT2D eigenvalue weighted by molar-refractivity contribution is 5.86. The zero-order chi connectivity index (χ0) is 15.7. The van der Waals surface area contributed by atoms with E-state index in [1.165, 1.54) is 0 Å². The number of aliphatic carboxylic acids is 1. The van der Waals surface area contributed by atoms with Crippen molar-refractivity contribution in [2.24, 2.45) is 5.92 Å². The van der Waals surface area contributed by atoms with E-state index >= 15 is 0 Å². The molecule has 3 rings (SSSR count). The second-order valence-corrected chi connectivity index (χ2v) is 5.77. The SMILES string of the molecule is COc1ccc(C(NC(=O)C2CC3CCC2O3)C(=O)O)cc1. The number of amides is 1. The maximum Gasteiger partial charge on any atom is 0.330 e. The molecule has 6 nitrogen and oxygen atoms in total. The van der Waals surface area contributed by atoms with Gasteiger partial charge in [0, 0.05) is 0 Å². The predicted octanol–water partition coefficient (Wildman–Crippen LogP) is 1.50. The number of fused-ring (bicyclic) bond motifs is 2. The van der Waals surface area contributed by atoms with Crippen LogP contribution in [0.2, 0.25) is 0 Å². The summed E-state index contributed by atoms with van der Waals surface area (Å²) < 4.78 is 10.7. The number of benzene rings is 1. The van der Waals surface area contributed by atoms with Crippen LogP contribution in [0.5, 0.6) is 5.75 Å². The summed E-state index contributed by atoms with van der Waals surface area (Å²) in [5.74, 6) is -0.919.